The number of thioether (sulfide) groups is 1. The molecule has 5 nitrogen and oxygen atoms in total. The van der Waals surface area contributed by atoms with E-state index in [1.165, 1.54) is 17.3 Å². The summed E-state index contributed by atoms with van der Waals surface area (Å²) in [6.45, 7) is 7.40. The number of hydrogen-bond donors (Lipinski definition) is 0. The van der Waals surface area contributed by atoms with Gasteiger partial charge in [-0.3, -0.25) is 4.79 Å². The minimum atomic E-state index is 0.0773. The number of carbonyl (C=O) groups is 1. The second kappa shape index (κ2) is 8.19. The van der Waals surface area contributed by atoms with E-state index in [1.807, 2.05) is 18.7 Å². The number of nitrogens with zero attached hydrogens (tertiary/aromatic N) is 3. The van der Waals surface area contributed by atoms with Crippen LogP contribution in [0.1, 0.15) is 19.4 Å². The summed E-state index contributed by atoms with van der Waals surface area (Å²) in [7, 11) is 0. The fraction of sp³-hybridized carbons (Fsp3) is 0.381. The zero-order valence-corrected chi connectivity index (χ0v) is 17.8. The van der Waals surface area contributed by atoms with Gasteiger partial charge in [0.25, 0.3) is 0 Å². The first-order valence-corrected chi connectivity index (χ1v) is 11.2. The Morgan fingerprint density at radius 3 is 2.64 bits per heavy atom. The van der Waals surface area contributed by atoms with Crippen molar-refractivity contribution in [3.05, 3.63) is 41.5 Å². The van der Waals surface area contributed by atoms with Crippen LogP contribution in [0.25, 0.3) is 21.3 Å². The van der Waals surface area contributed by atoms with Crippen molar-refractivity contribution >= 4 is 39.2 Å². The van der Waals surface area contributed by atoms with Gasteiger partial charge in [0.2, 0.25) is 5.91 Å². The molecule has 28 heavy (non-hydrogen) atoms. The van der Waals surface area contributed by atoms with Gasteiger partial charge in [-0.25, -0.2) is 9.97 Å². The standard InChI is InChI=1S/C21H23N3O2S2/c1-13-4-6-16(7-5-13)17-10-27-20-19(17)21(23-12-22-20)28-11-18(25)24-8-14(2)26-15(3)9-24/h4-7,10,12,14-15H,8-9,11H2,1-3H3/t14-,15+. The molecule has 2 atom stereocenters. The van der Waals surface area contributed by atoms with Gasteiger partial charge < -0.3 is 9.64 Å². The van der Waals surface area contributed by atoms with Crippen LogP contribution in [-0.2, 0) is 9.53 Å². The lowest BCUT2D eigenvalue weighted by molar-refractivity contribution is -0.140. The Hall–Kier alpha value is -1.96. The first-order valence-electron chi connectivity index (χ1n) is 9.36. The second-order valence-electron chi connectivity index (χ2n) is 7.22. The summed E-state index contributed by atoms with van der Waals surface area (Å²) in [6.07, 6.45) is 1.74. The van der Waals surface area contributed by atoms with Crippen LogP contribution in [0.2, 0.25) is 0 Å². The van der Waals surface area contributed by atoms with Gasteiger partial charge in [0.15, 0.2) is 0 Å². The lowest BCUT2D eigenvalue weighted by atomic mass is 10.1. The third-order valence-corrected chi connectivity index (χ3v) is 6.66. The molecule has 1 amide bonds. The first kappa shape index (κ1) is 19.4. The maximum absolute atomic E-state index is 12.7. The molecule has 1 aliphatic rings. The van der Waals surface area contributed by atoms with E-state index in [-0.39, 0.29) is 18.1 Å². The van der Waals surface area contributed by atoms with Crippen LogP contribution >= 0.6 is 23.1 Å². The first-order chi connectivity index (χ1) is 13.5. The number of aromatic nitrogens is 2. The SMILES string of the molecule is Cc1ccc(-c2csc3ncnc(SCC(=O)N4C[C@@H](C)O[C@@H](C)C4)c23)cc1. The number of amides is 1. The van der Waals surface area contributed by atoms with Crippen molar-refractivity contribution in [1.29, 1.82) is 0 Å². The number of aryl methyl sites for hydroxylation is 1. The molecule has 0 spiro atoms. The summed E-state index contributed by atoms with van der Waals surface area (Å²) < 4.78 is 5.73. The highest BCUT2D eigenvalue weighted by Crippen LogP contribution is 2.38. The molecule has 0 unspecified atom stereocenters. The predicted octanol–water partition coefficient (Wildman–Crippen LogP) is 4.39. The second-order valence-corrected chi connectivity index (χ2v) is 9.04. The summed E-state index contributed by atoms with van der Waals surface area (Å²) >= 11 is 3.11. The van der Waals surface area contributed by atoms with E-state index in [1.54, 1.807) is 17.7 Å². The van der Waals surface area contributed by atoms with Gasteiger partial charge in [0.1, 0.15) is 16.2 Å². The average molecular weight is 414 g/mol. The molecule has 1 saturated heterocycles. The van der Waals surface area contributed by atoms with Crippen LogP contribution in [0.15, 0.2) is 41.0 Å². The summed E-state index contributed by atoms with van der Waals surface area (Å²) in [4.78, 5) is 24.5. The highest BCUT2D eigenvalue weighted by molar-refractivity contribution is 8.00. The Labute approximate surface area is 173 Å². The largest absolute Gasteiger partial charge is 0.372 e. The summed E-state index contributed by atoms with van der Waals surface area (Å²) in [5, 5.41) is 4.03. The summed E-state index contributed by atoms with van der Waals surface area (Å²) in [5.74, 6) is 0.500. The molecule has 4 rings (SSSR count). The van der Waals surface area contributed by atoms with Gasteiger partial charge in [-0.05, 0) is 26.3 Å². The maximum Gasteiger partial charge on any atom is 0.233 e. The lowest BCUT2D eigenvalue weighted by Gasteiger charge is -2.35. The fourth-order valence-electron chi connectivity index (χ4n) is 3.51. The number of rotatable bonds is 4. The molecule has 0 bridgehead atoms. The van der Waals surface area contributed by atoms with Crippen LogP contribution in [-0.4, -0.2) is 51.8 Å². The topological polar surface area (TPSA) is 55.3 Å². The van der Waals surface area contributed by atoms with Crippen LogP contribution in [0.3, 0.4) is 0 Å². The van der Waals surface area contributed by atoms with E-state index >= 15 is 0 Å². The smallest absolute Gasteiger partial charge is 0.233 e. The minimum Gasteiger partial charge on any atom is -0.372 e. The molecular formula is C21H23N3O2S2. The van der Waals surface area contributed by atoms with Crippen LogP contribution in [0.4, 0.5) is 0 Å². The molecule has 0 radical (unpaired) electrons. The van der Waals surface area contributed by atoms with E-state index in [0.29, 0.717) is 18.8 Å². The lowest BCUT2D eigenvalue weighted by Crippen LogP contribution is -2.48. The molecule has 1 fully saturated rings. The molecule has 2 aromatic heterocycles. The van der Waals surface area contributed by atoms with Crippen molar-refractivity contribution in [2.75, 3.05) is 18.8 Å². The number of thiophene rings is 1. The third-order valence-electron chi connectivity index (χ3n) is 4.80. The molecule has 1 aliphatic heterocycles. The van der Waals surface area contributed by atoms with Crippen LogP contribution in [0.5, 0.6) is 0 Å². The highest BCUT2D eigenvalue weighted by atomic mass is 32.2. The number of fused-ring (bicyclic) bond motifs is 1. The Morgan fingerprint density at radius 2 is 1.93 bits per heavy atom. The number of carbonyl (C=O) groups excluding carboxylic acids is 1. The number of morpholine rings is 1. The minimum absolute atomic E-state index is 0.0773. The van der Waals surface area contributed by atoms with Gasteiger partial charge in [0.05, 0.1) is 23.3 Å². The molecule has 0 aliphatic carbocycles. The van der Waals surface area contributed by atoms with Crippen molar-refractivity contribution < 1.29 is 9.53 Å². The highest BCUT2D eigenvalue weighted by Gasteiger charge is 2.26. The normalized spacial score (nSPS) is 19.9. The van der Waals surface area contributed by atoms with Gasteiger partial charge >= 0.3 is 0 Å². The number of benzene rings is 1. The molecule has 146 valence electrons. The van der Waals surface area contributed by atoms with Crippen molar-refractivity contribution in [3.63, 3.8) is 0 Å². The average Bonchev–Trinajstić information content (AvgIpc) is 3.10. The molecule has 7 heteroatoms. The van der Waals surface area contributed by atoms with Crippen molar-refractivity contribution in [1.82, 2.24) is 14.9 Å². The van der Waals surface area contributed by atoms with Gasteiger partial charge in [-0.2, -0.15) is 0 Å². The maximum atomic E-state index is 12.7. The molecule has 0 N–H and O–H groups in total. The van der Waals surface area contributed by atoms with Gasteiger partial charge in [-0.15, -0.1) is 11.3 Å². The Kier molecular flexibility index (Phi) is 5.66. The van der Waals surface area contributed by atoms with E-state index in [4.69, 9.17) is 4.74 Å². The molecule has 3 aromatic rings. The molecular weight excluding hydrogens is 390 g/mol. The van der Waals surface area contributed by atoms with Crippen molar-refractivity contribution in [3.8, 4) is 11.1 Å². The summed E-state index contributed by atoms with van der Waals surface area (Å²) in [5.41, 5.74) is 3.51. The van der Waals surface area contributed by atoms with E-state index in [0.717, 1.165) is 26.4 Å². The van der Waals surface area contributed by atoms with E-state index in [2.05, 4.69) is 46.5 Å². The van der Waals surface area contributed by atoms with Gasteiger partial charge in [0, 0.05) is 24.0 Å². The van der Waals surface area contributed by atoms with E-state index in [9.17, 15) is 4.79 Å². The number of ether oxygens (including phenoxy) is 1. The molecule has 1 aromatic carbocycles. The van der Waals surface area contributed by atoms with Gasteiger partial charge in [-0.1, -0.05) is 41.6 Å². The zero-order chi connectivity index (χ0) is 19.7. The monoisotopic (exact) mass is 413 g/mol. The fourth-order valence-corrected chi connectivity index (χ4v) is 5.40. The van der Waals surface area contributed by atoms with Crippen molar-refractivity contribution in [2.45, 2.75) is 38.0 Å². The predicted molar refractivity (Wildman–Crippen MR) is 115 cm³/mol. The van der Waals surface area contributed by atoms with Crippen LogP contribution in [0, 0.1) is 6.92 Å². The molecule has 3 heterocycles. The summed E-state index contributed by atoms with van der Waals surface area (Å²) in [6, 6.07) is 8.47. The zero-order valence-electron chi connectivity index (χ0n) is 16.2. The quantitative estimate of drug-likeness (QED) is 0.469. The van der Waals surface area contributed by atoms with Crippen LogP contribution < -0.4 is 0 Å². The Morgan fingerprint density at radius 1 is 1.21 bits per heavy atom. The molecule has 0 saturated carbocycles. The number of hydrogen-bond acceptors (Lipinski definition) is 6. The van der Waals surface area contributed by atoms with Crippen molar-refractivity contribution in [2.24, 2.45) is 0 Å². The van der Waals surface area contributed by atoms with E-state index < -0.39 is 0 Å². The Balaban J connectivity index is 1.56. The Bertz CT molecular complexity index is 977. The third kappa shape index (κ3) is 4.06.